The summed E-state index contributed by atoms with van der Waals surface area (Å²) in [7, 11) is 2.44. The molecule has 4 heteroatoms. The average molecular weight is 693 g/mol. The fourth-order valence-corrected chi connectivity index (χ4v) is 9.59. The van der Waals surface area contributed by atoms with Gasteiger partial charge in [-0.25, -0.2) is 0 Å². The number of hydrogen-bond acceptors (Lipinski definition) is 2. The molecule has 1 aliphatic carbocycles. The van der Waals surface area contributed by atoms with Crippen LogP contribution in [0.5, 0.6) is 0 Å². The van der Waals surface area contributed by atoms with E-state index in [4.69, 9.17) is 0 Å². The van der Waals surface area contributed by atoms with Gasteiger partial charge in [-0.2, -0.15) is 0 Å². The summed E-state index contributed by atoms with van der Waals surface area (Å²) in [5, 5.41) is 10.5. The molecular formula is C50H39BN3. The van der Waals surface area contributed by atoms with Crippen LogP contribution < -0.4 is 15.3 Å². The second kappa shape index (κ2) is 12.1. The van der Waals surface area contributed by atoms with Crippen molar-refractivity contribution in [1.82, 2.24) is 4.98 Å². The third kappa shape index (κ3) is 4.56. The number of H-pyrrole nitrogens is 1. The Bertz CT molecular complexity index is 2970. The molecule has 0 spiro atoms. The maximum atomic E-state index is 3.64. The highest BCUT2D eigenvalue weighted by molar-refractivity contribution is 6.59. The molecule has 3 nitrogen and oxygen atoms in total. The Balaban J connectivity index is 1.22. The van der Waals surface area contributed by atoms with Gasteiger partial charge in [0.1, 0.15) is 0 Å². The number of aromatic amines is 1. The molecule has 0 fully saturated rings. The summed E-state index contributed by atoms with van der Waals surface area (Å²) >= 11 is 0. The van der Waals surface area contributed by atoms with E-state index in [-0.39, 0.29) is 6.04 Å². The smallest absolute Gasteiger partial charge is 0.165 e. The standard InChI is InChI=1S/C50H39BN3/c1-3-31-28-39-45(53(33-14-6-5-7-15-33)34-22-25-44-38(30-34)37-16-8-11-19-43(37)52-44)26-23-35-32(4-2)29-40-46(27-24-36(31)50(40)49(35)39)54-47-20-12-9-17-41(47)51-42-18-10-13-21-48(42)54/h5-30,41,47,52H,3-4H2,1-2H3. The minimum Gasteiger partial charge on any atom is -0.355 e. The molecule has 0 amide bonds. The van der Waals surface area contributed by atoms with Gasteiger partial charge in [-0.05, 0) is 118 Å². The van der Waals surface area contributed by atoms with E-state index in [0.29, 0.717) is 5.82 Å². The molecule has 1 aliphatic heterocycles. The summed E-state index contributed by atoms with van der Waals surface area (Å²) in [6.45, 7) is 4.61. The lowest BCUT2D eigenvalue weighted by Gasteiger charge is -2.43. The van der Waals surface area contributed by atoms with Crippen molar-refractivity contribution >= 4 is 95.3 Å². The highest BCUT2D eigenvalue weighted by atomic mass is 15.2. The van der Waals surface area contributed by atoms with Gasteiger partial charge in [0.2, 0.25) is 0 Å². The van der Waals surface area contributed by atoms with Gasteiger partial charge in [-0.15, -0.1) is 0 Å². The molecule has 1 radical (unpaired) electrons. The largest absolute Gasteiger partial charge is 0.355 e. The number of allylic oxidation sites excluding steroid dienone is 2. The van der Waals surface area contributed by atoms with Crippen LogP contribution in [0, 0.1) is 0 Å². The van der Waals surface area contributed by atoms with E-state index in [1.165, 1.54) is 76.7 Å². The van der Waals surface area contributed by atoms with Crippen LogP contribution in [0.3, 0.4) is 0 Å². The Morgan fingerprint density at radius 3 is 2.11 bits per heavy atom. The van der Waals surface area contributed by atoms with Gasteiger partial charge in [-0.3, -0.25) is 0 Å². The number of hydrogen-bond donors (Lipinski definition) is 1. The molecule has 0 saturated heterocycles. The molecule has 0 saturated carbocycles. The molecule has 2 heterocycles. The predicted molar refractivity (Wildman–Crippen MR) is 233 cm³/mol. The van der Waals surface area contributed by atoms with Crippen molar-refractivity contribution in [3.05, 3.63) is 169 Å². The van der Waals surface area contributed by atoms with Gasteiger partial charge >= 0.3 is 0 Å². The van der Waals surface area contributed by atoms with Gasteiger partial charge in [-0.1, -0.05) is 110 Å². The lowest BCUT2D eigenvalue weighted by atomic mass is 9.52. The van der Waals surface area contributed by atoms with Gasteiger partial charge < -0.3 is 14.8 Å². The monoisotopic (exact) mass is 692 g/mol. The Kier molecular flexibility index (Phi) is 7.04. The summed E-state index contributed by atoms with van der Waals surface area (Å²) in [5.41, 5.74) is 12.4. The fraction of sp³-hybridized carbons (Fsp3) is 0.120. The number of fused-ring (bicyclic) bond motifs is 5. The summed E-state index contributed by atoms with van der Waals surface area (Å²) in [6, 6.07) is 50.1. The number of para-hydroxylation sites is 3. The number of nitrogens with one attached hydrogen (secondary N) is 1. The van der Waals surface area contributed by atoms with Crippen LogP contribution in [0.2, 0.25) is 5.82 Å². The van der Waals surface area contributed by atoms with Crippen LogP contribution in [0.1, 0.15) is 25.0 Å². The van der Waals surface area contributed by atoms with Gasteiger partial charge in [0, 0.05) is 55.3 Å². The first kappa shape index (κ1) is 31.3. The molecule has 0 bridgehead atoms. The van der Waals surface area contributed by atoms with E-state index in [1.807, 2.05) is 0 Å². The molecule has 1 N–H and O–H groups in total. The number of anilines is 5. The van der Waals surface area contributed by atoms with Gasteiger partial charge in [0.15, 0.2) is 7.28 Å². The van der Waals surface area contributed by atoms with E-state index >= 15 is 0 Å². The van der Waals surface area contributed by atoms with Crippen LogP contribution in [0.25, 0.3) is 54.1 Å². The topological polar surface area (TPSA) is 22.3 Å². The Morgan fingerprint density at radius 2 is 1.26 bits per heavy atom. The summed E-state index contributed by atoms with van der Waals surface area (Å²) in [6.07, 6.45) is 11.1. The lowest BCUT2D eigenvalue weighted by Crippen LogP contribution is -2.46. The zero-order chi connectivity index (χ0) is 35.9. The quantitative estimate of drug-likeness (QED) is 0.138. The van der Waals surface area contributed by atoms with Crippen LogP contribution >= 0.6 is 0 Å². The Labute approximate surface area is 316 Å². The van der Waals surface area contributed by atoms with Crippen molar-refractivity contribution < 1.29 is 0 Å². The average Bonchev–Trinajstić information content (AvgIpc) is 3.60. The van der Waals surface area contributed by atoms with E-state index < -0.39 is 0 Å². The van der Waals surface area contributed by atoms with Crippen LogP contribution in [0.4, 0.5) is 28.4 Å². The third-order valence-corrected chi connectivity index (χ3v) is 12.1. The summed E-state index contributed by atoms with van der Waals surface area (Å²) < 4.78 is 0. The number of aromatic nitrogens is 1. The zero-order valence-electron chi connectivity index (χ0n) is 30.6. The first-order valence-electron chi connectivity index (χ1n) is 19.4. The molecule has 2 aliphatic rings. The third-order valence-electron chi connectivity index (χ3n) is 12.1. The second-order valence-corrected chi connectivity index (χ2v) is 14.9. The molecular weight excluding hydrogens is 653 g/mol. The molecule has 1 aromatic heterocycles. The lowest BCUT2D eigenvalue weighted by molar-refractivity contribution is 0.773. The van der Waals surface area contributed by atoms with Crippen molar-refractivity contribution in [2.45, 2.75) is 38.5 Å². The van der Waals surface area contributed by atoms with Gasteiger partial charge in [0.05, 0.1) is 11.7 Å². The molecule has 9 aromatic rings. The molecule has 2 unspecified atom stereocenters. The van der Waals surface area contributed by atoms with Crippen molar-refractivity contribution in [1.29, 1.82) is 0 Å². The first-order chi connectivity index (χ1) is 26.7. The normalized spacial score (nSPS) is 16.4. The highest BCUT2D eigenvalue weighted by Gasteiger charge is 2.35. The minimum atomic E-state index is 0.211. The first-order valence-corrected chi connectivity index (χ1v) is 19.4. The Hall–Kier alpha value is -6.26. The van der Waals surface area contributed by atoms with Crippen molar-refractivity contribution in [3.8, 4) is 0 Å². The fourth-order valence-electron chi connectivity index (χ4n) is 9.59. The number of benzene rings is 8. The van der Waals surface area contributed by atoms with E-state index in [1.54, 1.807) is 0 Å². The minimum absolute atomic E-state index is 0.211. The second-order valence-electron chi connectivity index (χ2n) is 14.9. The molecule has 11 rings (SSSR count). The van der Waals surface area contributed by atoms with Crippen LogP contribution in [-0.2, 0) is 12.8 Å². The van der Waals surface area contributed by atoms with Crippen LogP contribution in [-0.4, -0.2) is 18.3 Å². The SMILES string of the molecule is CCc1cc2c(N3c4ccccc4[B]C4C=CC=CC43)ccc3c(CC)cc4c(N(c5ccccc5)c5ccc6[nH]c7ccccc7c6c5)ccc1c4c32. The summed E-state index contributed by atoms with van der Waals surface area (Å²) in [5.74, 6) is 0.306. The molecule has 2 atom stereocenters. The molecule has 257 valence electrons. The molecule has 54 heavy (non-hydrogen) atoms. The maximum absolute atomic E-state index is 3.64. The van der Waals surface area contributed by atoms with Crippen LogP contribution in [0.15, 0.2) is 158 Å². The predicted octanol–water partition coefficient (Wildman–Crippen LogP) is 12.6. The Morgan fingerprint density at radius 1 is 0.556 bits per heavy atom. The maximum Gasteiger partial charge on any atom is 0.165 e. The van der Waals surface area contributed by atoms with Crippen molar-refractivity contribution in [2.24, 2.45) is 0 Å². The van der Waals surface area contributed by atoms with E-state index in [9.17, 15) is 0 Å². The number of rotatable bonds is 6. The van der Waals surface area contributed by atoms with Crippen molar-refractivity contribution in [3.63, 3.8) is 0 Å². The molecule has 8 aromatic carbocycles. The highest BCUT2D eigenvalue weighted by Crippen LogP contribution is 2.50. The van der Waals surface area contributed by atoms with E-state index in [0.717, 1.165) is 35.2 Å². The van der Waals surface area contributed by atoms with Gasteiger partial charge in [0.25, 0.3) is 0 Å². The number of nitrogens with zero attached hydrogens (tertiary/aromatic N) is 2. The van der Waals surface area contributed by atoms with Crippen molar-refractivity contribution in [2.75, 3.05) is 9.80 Å². The summed E-state index contributed by atoms with van der Waals surface area (Å²) in [4.78, 5) is 8.73. The van der Waals surface area contributed by atoms with E-state index in [2.05, 4.69) is 194 Å². The number of aryl methyl sites for hydroxylation is 2. The zero-order valence-corrected chi connectivity index (χ0v) is 30.6.